The second-order valence-electron chi connectivity index (χ2n) is 7.50. The van der Waals surface area contributed by atoms with Gasteiger partial charge in [0.15, 0.2) is 17.2 Å². The maximum Gasteiger partial charge on any atom is 0.363 e. The number of hydrogen-bond donors (Lipinski definition) is 0. The number of esters is 2. The number of methoxy groups -OCH3 is 1. The van der Waals surface area contributed by atoms with Crippen molar-refractivity contribution >= 4 is 63.8 Å². The minimum atomic E-state index is -0.753. The van der Waals surface area contributed by atoms with Crippen molar-refractivity contribution in [1.82, 2.24) is 0 Å². The molecule has 0 saturated heterocycles. The zero-order valence-corrected chi connectivity index (χ0v) is 21.7. The van der Waals surface area contributed by atoms with Crippen LogP contribution in [0.3, 0.4) is 0 Å². The third-order valence-electron chi connectivity index (χ3n) is 5.13. The van der Waals surface area contributed by atoms with Crippen LogP contribution in [0.4, 0.5) is 5.69 Å². The van der Waals surface area contributed by atoms with E-state index in [1.54, 1.807) is 24.3 Å². The Kier molecular flexibility index (Phi) is 7.36. The molecule has 3 aromatic carbocycles. The number of nitrogens with zero attached hydrogens (tertiary/aromatic N) is 2. The molecule has 0 N–H and O–H groups in total. The van der Waals surface area contributed by atoms with E-state index in [0.29, 0.717) is 14.7 Å². The molecule has 0 amide bonds. The minimum absolute atomic E-state index is 0.0462. The number of rotatable bonds is 6. The molecule has 1 aliphatic rings. The van der Waals surface area contributed by atoms with Gasteiger partial charge in [-0.25, -0.2) is 14.6 Å². The van der Waals surface area contributed by atoms with E-state index in [-0.39, 0.29) is 39.4 Å². The van der Waals surface area contributed by atoms with Crippen LogP contribution >= 0.6 is 34.2 Å². The van der Waals surface area contributed by atoms with Crippen molar-refractivity contribution in [2.24, 2.45) is 4.99 Å². The van der Waals surface area contributed by atoms with Gasteiger partial charge in [0, 0.05) is 12.1 Å². The van der Waals surface area contributed by atoms with Crippen molar-refractivity contribution in [2.75, 3.05) is 7.11 Å². The molecule has 1 heterocycles. The van der Waals surface area contributed by atoms with Gasteiger partial charge in [-0.1, -0.05) is 29.8 Å². The van der Waals surface area contributed by atoms with Gasteiger partial charge in [0.2, 0.25) is 5.90 Å². The fourth-order valence-corrected chi connectivity index (χ4v) is 4.28. The number of benzene rings is 3. The summed E-state index contributed by atoms with van der Waals surface area (Å²) in [5.74, 6) is -0.928. The Morgan fingerprint density at radius 1 is 1.19 bits per heavy atom. The highest BCUT2D eigenvalue weighted by molar-refractivity contribution is 14.1. The van der Waals surface area contributed by atoms with E-state index in [4.69, 9.17) is 25.8 Å². The van der Waals surface area contributed by atoms with E-state index < -0.39 is 16.9 Å². The molecule has 9 nitrogen and oxygen atoms in total. The maximum absolute atomic E-state index is 12.7. The smallest absolute Gasteiger partial charge is 0.363 e. The Morgan fingerprint density at radius 3 is 2.64 bits per heavy atom. The van der Waals surface area contributed by atoms with Gasteiger partial charge < -0.3 is 14.2 Å². The number of cyclic esters (lactones) is 1. The van der Waals surface area contributed by atoms with Crippen molar-refractivity contribution in [1.29, 1.82) is 0 Å². The average Bonchev–Trinajstić information content (AvgIpc) is 3.20. The Bertz CT molecular complexity index is 1480. The molecule has 11 heteroatoms. The maximum atomic E-state index is 12.7. The quantitative estimate of drug-likeness (QED) is 0.0864. The van der Waals surface area contributed by atoms with Crippen LogP contribution in [0.2, 0.25) is 5.02 Å². The van der Waals surface area contributed by atoms with Gasteiger partial charge in [0.25, 0.3) is 5.69 Å². The number of hydrogen-bond acceptors (Lipinski definition) is 8. The van der Waals surface area contributed by atoms with E-state index >= 15 is 0 Å². The predicted octanol–water partition coefficient (Wildman–Crippen LogP) is 5.73. The Hall–Kier alpha value is -3.77. The number of aliphatic imine (C=N–C) groups is 1. The lowest BCUT2D eigenvalue weighted by Crippen LogP contribution is -2.11. The van der Waals surface area contributed by atoms with Gasteiger partial charge in [-0.15, -0.1) is 0 Å². The largest absolute Gasteiger partial charge is 0.493 e. The van der Waals surface area contributed by atoms with Crippen molar-refractivity contribution in [3.05, 3.63) is 101 Å². The van der Waals surface area contributed by atoms with E-state index in [1.165, 1.54) is 31.4 Å². The highest BCUT2D eigenvalue weighted by atomic mass is 127. The van der Waals surface area contributed by atoms with Crippen LogP contribution in [-0.2, 0) is 9.53 Å². The number of ether oxygens (including phenoxy) is 3. The molecule has 0 unspecified atom stereocenters. The average molecular weight is 619 g/mol. The molecule has 1 aliphatic heterocycles. The summed E-state index contributed by atoms with van der Waals surface area (Å²) in [5, 5.41) is 11.2. The third kappa shape index (κ3) is 5.24. The van der Waals surface area contributed by atoms with Crippen molar-refractivity contribution in [2.45, 2.75) is 6.92 Å². The molecule has 0 aromatic heterocycles. The lowest BCUT2D eigenvalue weighted by atomic mass is 10.1. The molecule has 0 bridgehead atoms. The summed E-state index contributed by atoms with van der Waals surface area (Å²) in [4.78, 5) is 39.8. The zero-order chi connectivity index (χ0) is 26.0. The number of carbonyl (C=O) groups excluding carboxylic acids is 2. The lowest BCUT2D eigenvalue weighted by Gasteiger charge is -2.13. The molecule has 4 rings (SSSR count). The topological polar surface area (TPSA) is 117 Å². The van der Waals surface area contributed by atoms with Gasteiger partial charge in [0.1, 0.15) is 0 Å². The molecule has 0 fully saturated rings. The van der Waals surface area contributed by atoms with Crippen LogP contribution in [0.5, 0.6) is 11.5 Å². The number of halogens is 2. The van der Waals surface area contributed by atoms with Gasteiger partial charge in [0.05, 0.1) is 31.8 Å². The molecule has 0 radical (unpaired) electrons. The summed E-state index contributed by atoms with van der Waals surface area (Å²) in [5.41, 5.74) is 1.57. The Morgan fingerprint density at radius 2 is 1.94 bits per heavy atom. The van der Waals surface area contributed by atoms with Gasteiger partial charge >= 0.3 is 11.9 Å². The number of non-ortho nitro benzene ring substituents is 1. The fraction of sp³-hybridized carbons (Fsp3) is 0.0800. The van der Waals surface area contributed by atoms with Crippen LogP contribution in [-0.4, -0.2) is 29.9 Å². The second-order valence-corrected chi connectivity index (χ2v) is 9.07. The van der Waals surface area contributed by atoms with Crippen LogP contribution in [0.15, 0.2) is 65.3 Å². The molecular weight excluding hydrogens is 603 g/mol. The predicted molar refractivity (Wildman–Crippen MR) is 141 cm³/mol. The Labute approximate surface area is 223 Å². The highest BCUT2D eigenvalue weighted by Gasteiger charge is 2.27. The summed E-state index contributed by atoms with van der Waals surface area (Å²) in [7, 11) is 1.43. The zero-order valence-electron chi connectivity index (χ0n) is 18.8. The van der Waals surface area contributed by atoms with Gasteiger partial charge in [-0.3, -0.25) is 10.1 Å². The number of nitro benzene ring substituents is 1. The van der Waals surface area contributed by atoms with E-state index in [1.807, 2.05) is 41.6 Å². The van der Waals surface area contributed by atoms with Crippen molar-refractivity contribution in [3.63, 3.8) is 0 Å². The molecule has 0 aliphatic carbocycles. The fourth-order valence-electron chi connectivity index (χ4n) is 3.34. The molecule has 0 atom stereocenters. The van der Waals surface area contributed by atoms with Crippen LogP contribution in [0.25, 0.3) is 6.08 Å². The van der Waals surface area contributed by atoms with Crippen LogP contribution < -0.4 is 9.47 Å². The molecule has 0 saturated carbocycles. The molecule has 3 aromatic rings. The number of carbonyl (C=O) groups is 2. The molecule has 0 spiro atoms. The molecule has 182 valence electrons. The van der Waals surface area contributed by atoms with E-state index in [2.05, 4.69) is 4.99 Å². The Balaban J connectivity index is 1.66. The summed E-state index contributed by atoms with van der Waals surface area (Å²) < 4.78 is 16.8. The molecule has 36 heavy (non-hydrogen) atoms. The minimum Gasteiger partial charge on any atom is -0.493 e. The van der Waals surface area contributed by atoms with Crippen LogP contribution in [0, 0.1) is 20.6 Å². The summed E-state index contributed by atoms with van der Waals surface area (Å²) in [6, 6.07) is 14.1. The third-order valence-corrected chi connectivity index (χ3v) is 6.26. The van der Waals surface area contributed by atoms with Gasteiger partial charge in [-0.05, 0) is 71.0 Å². The lowest BCUT2D eigenvalue weighted by molar-refractivity contribution is -0.384. The van der Waals surface area contributed by atoms with Crippen molar-refractivity contribution < 1.29 is 28.7 Å². The first-order chi connectivity index (χ1) is 17.2. The van der Waals surface area contributed by atoms with Crippen LogP contribution in [0.1, 0.15) is 27.0 Å². The SMILES string of the molecule is COc1cc(/C=C2\N=C(c3cc([N+](=O)[O-])ccc3Cl)OC2=O)cc(I)c1OC(=O)c1ccccc1C. The summed E-state index contributed by atoms with van der Waals surface area (Å²) >= 11 is 8.13. The second kappa shape index (κ2) is 10.5. The normalized spacial score (nSPS) is 13.8. The van der Waals surface area contributed by atoms with E-state index in [0.717, 1.165) is 5.56 Å². The van der Waals surface area contributed by atoms with Gasteiger partial charge in [-0.2, -0.15) is 0 Å². The van der Waals surface area contributed by atoms with E-state index in [9.17, 15) is 19.7 Å². The summed E-state index contributed by atoms with van der Waals surface area (Å²) in [6.45, 7) is 1.81. The standard InChI is InChI=1S/C25H16ClIN2O7/c1-13-5-3-4-6-16(13)24(30)35-22-19(27)9-14(11-21(22)34-2)10-20-25(31)36-23(28-20)17-12-15(29(32)33)7-8-18(17)26/h3-12H,1-2H3/b20-10-. The first kappa shape index (κ1) is 25.3. The first-order valence-corrected chi connectivity index (χ1v) is 11.8. The number of nitro groups is 1. The highest BCUT2D eigenvalue weighted by Crippen LogP contribution is 2.36. The first-order valence-electron chi connectivity index (χ1n) is 10.3. The number of aryl methyl sites for hydroxylation is 1. The monoisotopic (exact) mass is 618 g/mol. The van der Waals surface area contributed by atoms with Crippen molar-refractivity contribution in [3.8, 4) is 11.5 Å². The summed E-state index contributed by atoms with van der Waals surface area (Å²) in [6.07, 6.45) is 1.46. The molecular formula is C25H16ClIN2O7.